The van der Waals surface area contributed by atoms with Gasteiger partial charge in [0.2, 0.25) is 0 Å². The van der Waals surface area contributed by atoms with Crippen molar-refractivity contribution in [1.82, 2.24) is 0 Å². The van der Waals surface area contributed by atoms with Gasteiger partial charge in [0.1, 0.15) is 29.9 Å². The largest absolute Gasteiger partial charge is 0.497 e. The zero-order valence-electron chi connectivity index (χ0n) is 22.3. The molecule has 0 radical (unpaired) electrons. The van der Waals surface area contributed by atoms with Gasteiger partial charge in [-0.05, 0) is 23.7 Å². The lowest BCUT2D eigenvalue weighted by Crippen LogP contribution is -2.64. The minimum absolute atomic E-state index is 0.261. The zero-order chi connectivity index (χ0) is 27.1. The summed E-state index contributed by atoms with van der Waals surface area (Å²) >= 11 is 5.82. The van der Waals surface area contributed by atoms with Crippen LogP contribution in [0, 0.1) is 0 Å². The fourth-order valence-electron chi connectivity index (χ4n) is 4.36. The fraction of sp³-hybridized carbons (Fsp3) is 0.536. The van der Waals surface area contributed by atoms with Crippen LogP contribution in [0.25, 0.3) is 0 Å². The van der Waals surface area contributed by atoms with Crippen LogP contribution in [0.1, 0.15) is 17.4 Å². The first-order valence-corrected chi connectivity index (χ1v) is 17.1. The van der Waals surface area contributed by atoms with E-state index in [4.69, 9.17) is 44.8 Å². The Balaban J connectivity index is 1.58. The van der Waals surface area contributed by atoms with Gasteiger partial charge >= 0.3 is 5.97 Å². The lowest BCUT2D eigenvalue weighted by atomic mass is 9.97. The number of halogens is 1. The molecule has 2 heterocycles. The number of alkyl halides is 1. The Labute approximate surface area is 230 Å². The molecule has 0 spiro atoms. The number of benzene rings is 2. The van der Waals surface area contributed by atoms with Crippen molar-refractivity contribution in [1.29, 1.82) is 0 Å². The molecule has 2 saturated heterocycles. The molecule has 38 heavy (non-hydrogen) atoms. The predicted octanol–water partition coefficient (Wildman–Crippen LogP) is 4.92. The second-order valence-corrected chi connectivity index (χ2v) is 16.5. The van der Waals surface area contributed by atoms with Gasteiger partial charge in [-0.2, -0.15) is 0 Å². The van der Waals surface area contributed by atoms with Gasteiger partial charge < -0.3 is 33.2 Å². The molecule has 4 rings (SSSR count). The summed E-state index contributed by atoms with van der Waals surface area (Å²) in [5.41, 5.74) is 1.81. The van der Waals surface area contributed by atoms with Crippen LogP contribution in [-0.4, -0.2) is 71.0 Å². The van der Waals surface area contributed by atoms with E-state index >= 15 is 0 Å². The molecule has 8 nitrogen and oxygen atoms in total. The standard InChI is InChI=1S/C28H37ClO8Si/c1-31-21-12-10-20(11-13-21)27-34-18-22-24(37-27)25(33-17-19-8-6-5-7-9-19)26(36-23(30)16-29)28(35-22)32-14-15-38(2,3)4/h5-13,22,24-28H,14-18H2,1-4H3/t22-,24-,25+,26-,27-,28-/m1/s1. The highest BCUT2D eigenvalue weighted by Crippen LogP contribution is 2.37. The first kappa shape index (κ1) is 29.0. The van der Waals surface area contributed by atoms with E-state index in [2.05, 4.69) is 19.6 Å². The van der Waals surface area contributed by atoms with Gasteiger partial charge in [-0.3, -0.25) is 4.79 Å². The molecular formula is C28H37ClO8Si. The molecular weight excluding hydrogens is 528 g/mol. The van der Waals surface area contributed by atoms with Crippen molar-refractivity contribution >= 4 is 25.6 Å². The van der Waals surface area contributed by atoms with Gasteiger partial charge in [-0.1, -0.05) is 62.1 Å². The number of carbonyl (C=O) groups is 1. The lowest BCUT2D eigenvalue weighted by molar-refractivity contribution is -0.366. The summed E-state index contributed by atoms with van der Waals surface area (Å²) in [6.45, 7) is 7.85. The number of methoxy groups -OCH3 is 1. The first-order chi connectivity index (χ1) is 18.3. The number of hydrogen-bond donors (Lipinski definition) is 0. The van der Waals surface area contributed by atoms with E-state index in [0.717, 1.165) is 22.9 Å². The van der Waals surface area contributed by atoms with E-state index < -0.39 is 51.0 Å². The molecule has 0 N–H and O–H groups in total. The van der Waals surface area contributed by atoms with Gasteiger partial charge in [-0.15, -0.1) is 11.6 Å². The molecule has 2 fully saturated rings. The van der Waals surface area contributed by atoms with Crippen LogP contribution < -0.4 is 4.74 Å². The summed E-state index contributed by atoms with van der Waals surface area (Å²) in [5, 5.41) is 0. The molecule has 0 bridgehead atoms. The molecule has 10 heteroatoms. The number of hydrogen-bond acceptors (Lipinski definition) is 8. The summed E-state index contributed by atoms with van der Waals surface area (Å²) in [6, 6.07) is 18.2. The van der Waals surface area contributed by atoms with Crippen molar-refractivity contribution < 1.29 is 38.0 Å². The Morgan fingerprint density at radius 1 is 1.00 bits per heavy atom. The Hall–Kier alpha value is -1.98. The Morgan fingerprint density at radius 2 is 1.74 bits per heavy atom. The Bertz CT molecular complexity index is 1020. The fourth-order valence-corrected chi connectivity index (χ4v) is 5.15. The number of fused-ring (bicyclic) bond motifs is 1. The predicted molar refractivity (Wildman–Crippen MR) is 145 cm³/mol. The van der Waals surface area contributed by atoms with Crippen LogP contribution in [-0.2, 0) is 39.8 Å². The third-order valence-electron chi connectivity index (χ3n) is 6.47. The van der Waals surface area contributed by atoms with Crippen LogP contribution in [0.3, 0.4) is 0 Å². The molecule has 6 atom stereocenters. The van der Waals surface area contributed by atoms with E-state index in [1.165, 1.54) is 0 Å². The van der Waals surface area contributed by atoms with Gasteiger partial charge in [0.15, 0.2) is 18.7 Å². The molecule has 0 aliphatic carbocycles. The van der Waals surface area contributed by atoms with Gasteiger partial charge in [0, 0.05) is 20.2 Å². The van der Waals surface area contributed by atoms with Crippen LogP contribution in [0.4, 0.5) is 0 Å². The minimum atomic E-state index is -1.37. The van der Waals surface area contributed by atoms with Crippen LogP contribution in [0.2, 0.25) is 25.7 Å². The van der Waals surface area contributed by atoms with Crippen molar-refractivity contribution in [2.24, 2.45) is 0 Å². The van der Waals surface area contributed by atoms with E-state index in [1.807, 2.05) is 54.6 Å². The molecule has 0 unspecified atom stereocenters. The maximum atomic E-state index is 12.4. The third-order valence-corrected chi connectivity index (χ3v) is 8.39. The van der Waals surface area contributed by atoms with E-state index in [-0.39, 0.29) is 12.5 Å². The lowest BCUT2D eigenvalue weighted by Gasteiger charge is -2.48. The monoisotopic (exact) mass is 564 g/mol. The summed E-state index contributed by atoms with van der Waals surface area (Å²) in [5.74, 6) is -0.140. The third kappa shape index (κ3) is 7.78. The molecule has 2 aliphatic heterocycles. The first-order valence-electron chi connectivity index (χ1n) is 12.9. The number of carbonyl (C=O) groups excluding carboxylic acids is 1. The SMILES string of the molecule is COc1ccc([C@@H]2OC[C@H]3O[C@@H](OCC[Si](C)(C)C)[C@H](OC(=O)CCl)[C@@H](OCc4ccccc4)[C@@H]3O2)cc1. The topological polar surface area (TPSA) is 81.7 Å². The highest BCUT2D eigenvalue weighted by molar-refractivity contribution is 6.76. The number of esters is 1. The second-order valence-electron chi connectivity index (χ2n) is 10.6. The van der Waals surface area contributed by atoms with E-state index in [1.54, 1.807) is 7.11 Å². The smallest absolute Gasteiger partial charge is 0.321 e. The van der Waals surface area contributed by atoms with Crippen molar-refractivity contribution in [3.8, 4) is 5.75 Å². The Morgan fingerprint density at radius 3 is 2.39 bits per heavy atom. The Kier molecular flexibility index (Phi) is 10.2. The van der Waals surface area contributed by atoms with Crippen molar-refractivity contribution in [3.63, 3.8) is 0 Å². The maximum absolute atomic E-state index is 12.4. The van der Waals surface area contributed by atoms with Crippen LogP contribution in [0.5, 0.6) is 5.75 Å². The molecule has 2 aliphatic rings. The summed E-state index contributed by atoms with van der Waals surface area (Å²) in [7, 11) is 0.251. The average Bonchev–Trinajstić information content (AvgIpc) is 2.92. The summed E-state index contributed by atoms with van der Waals surface area (Å²) < 4.78 is 42.4. The van der Waals surface area contributed by atoms with Crippen LogP contribution >= 0.6 is 11.6 Å². The minimum Gasteiger partial charge on any atom is -0.497 e. The molecule has 208 valence electrons. The van der Waals surface area contributed by atoms with Gasteiger partial charge in [0.05, 0.1) is 20.3 Å². The molecule has 2 aromatic carbocycles. The zero-order valence-corrected chi connectivity index (χ0v) is 24.1. The number of rotatable bonds is 11. The normalized spacial score (nSPS) is 27.4. The number of ether oxygens (including phenoxy) is 7. The summed E-state index contributed by atoms with van der Waals surface area (Å²) in [4.78, 5) is 12.4. The molecule has 0 aromatic heterocycles. The summed E-state index contributed by atoms with van der Waals surface area (Å²) in [6.07, 6.45) is -4.10. The van der Waals surface area contributed by atoms with Crippen molar-refractivity contribution in [3.05, 3.63) is 65.7 Å². The van der Waals surface area contributed by atoms with Crippen LogP contribution in [0.15, 0.2) is 54.6 Å². The van der Waals surface area contributed by atoms with E-state index in [9.17, 15) is 4.79 Å². The second kappa shape index (κ2) is 13.4. The van der Waals surface area contributed by atoms with E-state index in [0.29, 0.717) is 13.2 Å². The molecule has 2 aromatic rings. The highest BCUT2D eigenvalue weighted by Gasteiger charge is 2.53. The van der Waals surface area contributed by atoms with Gasteiger partial charge in [0.25, 0.3) is 0 Å². The van der Waals surface area contributed by atoms with Gasteiger partial charge in [-0.25, -0.2) is 0 Å². The average molecular weight is 565 g/mol. The highest BCUT2D eigenvalue weighted by atomic mass is 35.5. The quantitative estimate of drug-likeness (QED) is 0.216. The van der Waals surface area contributed by atoms with Crippen molar-refractivity contribution in [2.75, 3.05) is 26.2 Å². The maximum Gasteiger partial charge on any atom is 0.321 e. The molecule has 0 saturated carbocycles. The molecule has 0 amide bonds. The van der Waals surface area contributed by atoms with Crippen molar-refractivity contribution in [2.45, 2.75) is 69.3 Å².